The second-order valence-electron chi connectivity index (χ2n) is 9.08. The average Bonchev–Trinajstić information content (AvgIpc) is 3.37. The Morgan fingerprint density at radius 1 is 1.06 bits per heavy atom. The van der Waals surface area contributed by atoms with Crippen LogP contribution in [0.1, 0.15) is 33.4 Å². The number of anilines is 1. The van der Waals surface area contributed by atoms with Gasteiger partial charge in [0.2, 0.25) is 11.9 Å². The first kappa shape index (κ1) is 23.8. The van der Waals surface area contributed by atoms with Gasteiger partial charge in [-0.2, -0.15) is 0 Å². The molecule has 3 heterocycles. The molecule has 0 aliphatic rings. The SMILES string of the molecule is CC(C)CNC(=O)Cc1csc2nc(-c3ccc(F)cc3)c(-c3ccnc(NCC(C)C)n3)n12. The van der Waals surface area contributed by atoms with Gasteiger partial charge in [0, 0.05) is 35.9 Å². The van der Waals surface area contributed by atoms with E-state index >= 15 is 0 Å². The Bertz CT molecular complexity index is 1280. The first-order valence-corrected chi connectivity index (χ1v) is 12.3. The lowest BCUT2D eigenvalue weighted by Gasteiger charge is -2.11. The highest BCUT2D eigenvalue weighted by atomic mass is 32.1. The second-order valence-corrected chi connectivity index (χ2v) is 9.91. The Labute approximate surface area is 202 Å². The second kappa shape index (κ2) is 10.3. The molecule has 0 fully saturated rings. The number of thiazole rings is 1. The quantitative estimate of drug-likeness (QED) is 0.351. The summed E-state index contributed by atoms with van der Waals surface area (Å²) < 4.78 is 15.6. The lowest BCUT2D eigenvalue weighted by atomic mass is 10.1. The number of fused-ring (bicyclic) bond motifs is 1. The number of hydrogen-bond donors (Lipinski definition) is 2. The van der Waals surface area contributed by atoms with Gasteiger partial charge in [0.1, 0.15) is 11.5 Å². The van der Waals surface area contributed by atoms with Gasteiger partial charge in [0.25, 0.3) is 0 Å². The molecular weight excluding hydrogens is 451 g/mol. The maximum Gasteiger partial charge on any atom is 0.225 e. The van der Waals surface area contributed by atoms with E-state index in [1.54, 1.807) is 18.3 Å². The summed E-state index contributed by atoms with van der Waals surface area (Å²) in [4.78, 5) is 27.3. The van der Waals surface area contributed by atoms with Crippen molar-refractivity contribution in [1.29, 1.82) is 0 Å². The fourth-order valence-corrected chi connectivity index (χ4v) is 4.39. The monoisotopic (exact) mass is 480 g/mol. The minimum absolute atomic E-state index is 0.0432. The number of carbonyl (C=O) groups excluding carboxylic acids is 1. The summed E-state index contributed by atoms with van der Waals surface area (Å²) in [6.07, 6.45) is 1.93. The summed E-state index contributed by atoms with van der Waals surface area (Å²) in [7, 11) is 0. The highest BCUT2D eigenvalue weighted by Gasteiger charge is 2.22. The number of nitrogens with one attached hydrogen (secondary N) is 2. The van der Waals surface area contributed by atoms with Crippen molar-refractivity contribution in [2.24, 2.45) is 11.8 Å². The average molecular weight is 481 g/mol. The number of rotatable bonds is 9. The van der Waals surface area contributed by atoms with Crippen LogP contribution in [0.25, 0.3) is 27.6 Å². The van der Waals surface area contributed by atoms with Gasteiger partial charge >= 0.3 is 0 Å². The van der Waals surface area contributed by atoms with Crippen molar-refractivity contribution in [3.8, 4) is 22.6 Å². The van der Waals surface area contributed by atoms with Crippen molar-refractivity contribution < 1.29 is 9.18 Å². The Balaban J connectivity index is 1.81. The van der Waals surface area contributed by atoms with Crippen molar-refractivity contribution in [3.63, 3.8) is 0 Å². The molecule has 4 rings (SSSR count). The molecule has 0 saturated carbocycles. The van der Waals surface area contributed by atoms with Gasteiger partial charge in [-0.25, -0.2) is 19.3 Å². The number of aromatic nitrogens is 4. The molecule has 0 saturated heterocycles. The van der Waals surface area contributed by atoms with E-state index in [0.717, 1.165) is 28.5 Å². The van der Waals surface area contributed by atoms with E-state index in [-0.39, 0.29) is 18.1 Å². The van der Waals surface area contributed by atoms with Gasteiger partial charge in [-0.15, -0.1) is 11.3 Å². The predicted molar refractivity (Wildman–Crippen MR) is 134 cm³/mol. The normalized spacial score (nSPS) is 11.5. The molecule has 0 aliphatic carbocycles. The minimum atomic E-state index is -0.309. The van der Waals surface area contributed by atoms with E-state index in [1.807, 2.05) is 15.8 Å². The minimum Gasteiger partial charge on any atom is -0.356 e. The van der Waals surface area contributed by atoms with Crippen molar-refractivity contribution in [2.45, 2.75) is 34.1 Å². The predicted octanol–water partition coefficient (Wildman–Crippen LogP) is 5.04. The summed E-state index contributed by atoms with van der Waals surface area (Å²) >= 11 is 1.46. The molecule has 3 aromatic heterocycles. The molecular formula is C25H29FN6OS. The van der Waals surface area contributed by atoms with Crippen LogP contribution in [0.5, 0.6) is 0 Å². The highest BCUT2D eigenvalue weighted by molar-refractivity contribution is 7.15. The van der Waals surface area contributed by atoms with Gasteiger partial charge < -0.3 is 10.6 Å². The summed E-state index contributed by atoms with van der Waals surface area (Å²) in [5.41, 5.74) is 3.72. The largest absolute Gasteiger partial charge is 0.356 e. The van der Waals surface area contributed by atoms with Crippen LogP contribution >= 0.6 is 11.3 Å². The summed E-state index contributed by atoms with van der Waals surface area (Å²) in [5.74, 6) is 0.988. The number of halogens is 1. The number of hydrogen-bond acceptors (Lipinski definition) is 6. The van der Waals surface area contributed by atoms with Gasteiger partial charge in [-0.05, 0) is 42.2 Å². The third kappa shape index (κ3) is 5.41. The molecule has 0 spiro atoms. The zero-order valence-electron chi connectivity index (χ0n) is 19.8. The third-order valence-corrected chi connectivity index (χ3v) is 6.04. The van der Waals surface area contributed by atoms with Crippen molar-refractivity contribution in [3.05, 3.63) is 53.4 Å². The Kier molecular flexibility index (Phi) is 7.21. The molecule has 0 radical (unpaired) electrons. The zero-order chi connectivity index (χ0) is 24.2. The van der Waals surface area contributed by atoms with E-state index in [1.165, 1.54) is 23.5 Å². The lowest BCUT2D eigenvalue weighted by Crippen LogP contribution is -2.29. The molecule has 7 nitrogen and oxygen atoms in total. The first-order chi connectivity index (χ1) is 16.3. The molecule has 4 aromatic rings. The third-order valence-electron chi connectivity index (χ3n) is 5.17. The molecule has 1 amide bonds. The standard InChI is InChI=1S/C25H29FN6OS/c1-15(2)12-28-21(33)11-19-14-34-25-31-22(17-5-7-18(26)8-6-17)23(32(19)25)20-9-10-27-24(30-20)29-13-16(3)4/h5-10,14-16H,11-13H2,1-4H3,(H,28,33)(H,27,29,30). The summed E-state index contributed by atoms with van der Waals surface area (Å²) in [6, 6.07) is 8.08. The number of imidazole rings is 1. The molecule has 0 aliphatic heterocycles. The van der Waals surface area contributed by atoms with E-state index in [4.69, 9.17) is 9.97 Å². The van der Waals surface area contributed by atoms with Crippen LogP contribution in [-0.4, -0.2) is 38.3 Å². The molecule has 34 heavy (non-hydrogen) atoms. The van der Waals surface area contributed by atoms with Crippen LogP contribution in [0.2, 0.25) is 0 Å². The van der Waals surface area contributed by atoms with E-state index in [9.17, 15) is 9.18 Å². The van der Waals surface area contributed by atoms with Gasteiger partial charge in [0.15, 0.2) is 4.96 Å². The molecule has 9 heteroatoms. The van der Waals surface area contributed by atoms with E-state index in [2.05, 4.69) is 43.3 Å². The van der Waals surface area contributed by atoms with Crippen molar-refractivity contribution in [1.82, 2.24) is 24.7 Å². The van der Waals surface area contributed by atoms with Crippen molar-refractivity contribution in [2.75, 3.05) is 18.4 Å². The molecule has 1 aromatic carbocycles. The van der Waals surface area contributed by atoms with Gasteiger partial charge in [-0.3, -0.25) is 9.20 Å². The number of nitrogens with zero attached hydrogens (tertiary/aromatic N) is 4. The maximum absolute atomic E-state index is 13.6. The highest BCUT2D eigenvalue weighted by Crippen LogP contribution is 2.35. The maximum atomic E-state index is 13.6. The number of carbonyl (C=O) groups is 1. The molecule has 2 N–H and O–H groups in total. The van der Waals surface area contributed by atoms with Gasteiger partial charge in [-0.1, -0.05) is 27.7 Å². The molecule has 0 bridgehead atoms. The Morgan fingerprint density at radius 2 is 1.79 bits per heavy atom. The van der Waals surface area contributed by atoms with Crippen LogP contribution in [0, 0.1) is 17.7 Å². The topological polar surface area (TPSA) is 84.2 Å². The Morgan fingerprint density at radius 3 is 2.50 bits per heavy atom. The Hall–Kier alpha value is -3.33. The molecule has 0 atom stereocenters. The molecule has 0 unspecified atom stereocenters. The fraction of sp³-hybridized carbons (Fsp3) is 0.360. The smallest absolute Gasteiger partial charge is 0.225 e. The fourth-order valence-electron chi connectivity index (χ4n) is 3.50. The van der Waals surface area contributed by atoms with Crippen LogP contribution in [0.15, 0.2) is 41.9 Å². The van der Waals surface area contributed by atoms with Crippen LogP contribution in [0.3, 0.4) is 0 Å². The molecule has 178 valence electrons. The summed E-state index contributed by atoms with van der Waals surface area (Å²) in [6.45, 7) is 9.73. The van der Waals surface area contributed by atoms with Crippen molar-refractivity contribution >= 4 is 28.2 Å². The summed E-state index contributed by atoms with van der Waals surface area (Å²) in [5, 5.41) is 8.20. The van der Waals surface area contributed by atoms with Crippen LogP contribution in [0.4, 0.5) is 10.3 Å². The van der Waals surface area contributed by atoms with E-state index < -0.39 is 0 Å². The van der Waals surface area contributed by atoms with Gasteiger partial charge in [0.05, 0.1) is 17.8 Å². The first-order valence-electron chi connectivity index (χ1n) is 11.4. The van der Waals surface area contributed by atoms with Crippen LogP contribution < -0.4 is 10.6 Å². The van der Waals surface area contributed by atoms with Crippen LogP contribution in [-0.2, 0) is 11.2 Å². The number of amides is 1. The van der Waals surface area contributed by atoms with E-state index in [0.29, 0.717) is 35.7 Å². The zero-order valence-corrected chi connectivity index (χ0v) is 20.6. The number of benzene rings is 1. The lowest BCUT2D eigenvalue weighted by molar-refractivity contribution is -0.120.